The summed E-state index contributed by atoms with van der Waals surface area (Å²) in [5, 5.41) is 13.4. The topological polar surface area (TPSA) is 69.2 Å². The molecule has 0 fully saturated rings. The van der Waals surface area contributed by atoms with Crippen LogP contribution in [0.4, 0.5) is 4.39 Å². The third-order valence-corrected chi connectivity index (χ3v) is 3.00. The Bertz CT molecular complexity index is 643. The zero-order valence-electron chi connectivity index (χ0n) is 11.1. The molecule has 5 heteroatoms. The molecular weight excluding hydrogens is 273 g/mol. The Hall–Kier alpha value is -2.69. The molecule has 4 nitrogen and oxygen atoms in total. The van der Waals surface area contributed by atoms with Crippen LogP contribution in [-0.4, -0.2) is 11.9 Å². The Balaban J connectivity index is 2.21. The first kappa shape index (κ1) is 14.7. The van der Waals surface area contributed by atoms with E-state index in [1.165, 1.54) is 24.3 Å². The number of nitrogens with one attached hydrogen (secondary N) is 1. The molecule has 0 saturated heterocycles. The van der Waals surface area contributed by atoms with Crippen molar-refractivity contribution < 1.29 is 19.1 Å². The van der Waals surface area contributed by atoms with E-state index in [0.29, 0.717) is 5.56 Å². The van der Waals surface area contributed by atoms with E-state index in [2.05, 4.69) is 5.32 Å². The average Bonchev–Trinajstić information content (AvgIpc) is 2.47. The molecule has 0 aliphatic rings. The van der Waals surface area contributed by atoms with Gasteiger partial charge >= 0.3 is 0 Å². The summed E-state index contributed by atoms with van der Waals surface area (Å²) in [7, 11) is 0. The van der Waals surface area contributed by atoms with Crippen molar-refractivity contribution in [3.05, 3.63) is 71.5 Å². The summed E-state index contributed by atoms with van der Waals surface area (Å²) < 4.78 is 13.6. The molecule has 2 rings (SSSR count). The second-order valence-corrected chi connectivity index (χ2v) is 4.49. The fraction of sp³-hybridized carbons (Fsp3) is 0.125. The van der Waals surface area contributed by atoms with E-state index in [0.717, 1.165) is 0 Å². The highest BCUT2D eigenvalue weighted by Crippen LogP contribution is 2.17. The van der Waals surface area contributed by atoms with E-state index in [4.69, 9.17) is 0 Å². The van der Waals surface area contributed by atoms with Crippen LogP contribution in [0.15, 0.2) is 54.6 Å². The molecule has 0 aliphatic carbocycles. The number of amides is 1. The van der Waals surface area contributed by atoms with Gasteiger partial charge in [0.2, 0.25) is 0 Å². The number of halogens is 1. The quantitative estimate of drug-likeness (QED) is 0.904. The molecule has 0 aromatic heterocycles. The second kappa shape index (κ2) is 6.65. The molecule has 2 aromatic rings. The Morgan fingerprint density at radius 1 is 1.05 bits per heavy atom. The Kier molecular flexibility index (Phi) is 4.66. The van der Waals surface area contributed by atoms with Crippen LogP contribution < -0.4 is 10.4 Å². The van der Waals surface area contributed by atoms with E-state index in [1.807, 2.05) is 0 Å². The van der Waals surface area contributed by atoms with Crippen molar-refractivity contribution in [3.63, 3.8) is 0 Å². The van der Waals surface area contributed by atoms with E-state index < -0.39 is 23.7 Å². The predicted molar refractivity (Wildman–Crippen MR) is 72.7 cm³/mol. The maximum atomic E-state index is 13.6. The minimum Gasteiger partial charge on any atom is -0.550 e. The molecule has 21 heavy (non-hydrogen) atoms. The lowest BCUT2D eigenvalue weighted by Crippen LogP contribution is -2.34. The first-order chi connectivity index (χ1) is 10.1. The van der Waals surface area contributed by atoms with Gasteiger partial charge in [0.1, 0.15) is 5.82 Å². The number of carboxylic acid groups (broad SMARTS) is 1. The van der Waals surface area contributed by atoms with Crippen LogP contribution in [0.1, 0.15) is 28.4 Å². The van der Waals surface area contributed by atoms with Gasteiger partial charge in [-0.05, 0) is 17.7 Å². The molecule has 0 heterocycles. The minimum absolute atomic E-state index is 0.128. The Labute approximate surface area is 121 Å². The van der Waals surface area contributed by atoms with Crippen molar-refractivity contribution in [2.45, 2.75) is 12.5 Å². The van der Waals surface area contributed by atoms with Gasteiger partial charge in [0.05, 0.1) is 11.6 Å². The highest BCUT2D eigenvalue weighted by molar-refractivity contribution is 5.94. The van der Waals surface area contributed by atoms with E-state index in [9.17, 15) is 19.1 Å². The summed E-state index contributed by atoms with van der Waals surface area (Å²) in [5.74, 6) is -2.61. The number of carbonyl (C=O) groups excluding carboxylic acids is 2. The molecule has 108 valence electrons. The van der Waals surface area contributed by atoms with Crippen LogP contribution in [0, 0.1) is 5.82 Å². The van der Waals surface area contributed by atoms with Crippen LogP contribution in [-0.2, 0) is 4.79 Å². The normalized spacial score (nSPS) is 11.7. The molecule has 0 radical (unpaired) electrons. The number of carboxylic acids is 1. The van der Waals surface area contributed by atoms with Gasteiger partial charge in [0, 0.05) is 12.4 Å². The zero-order valence-corrected chi connectivity index (χ0v) is 11.1. The van der Waals surface area contributed by atoms with Crippen LogP contribution in [0.25, 0.3) is 0 Å². The SMILES string of the molecule is O=C([O-])CC(NC(=O)c1ccccc1F)c1ccccc1. The molecule has 0 aliphatic heterocycles. The summed E-state index contributed by atoms with van der Waals surface area (Å²) in [4.78, 5) is 22.9. The first-order valence-corrected chi connectivity index (χ1v) is 6.38. The highest BCUT2D eigenvalue weighted by atomic mass is 19.1. The molecule has 1 amide bonds. The summed E-state index contributed by atoms with van der Waals surface area (Å²) >= 11 is 0. The van der Waals surface area contributed by atoms with Gasteiger partial charge in [0.15, 0.2) is 0 Å². The molecule has 1 unspecified atom stereocenters. The van der Waals surface area contributed by atoms with Crippen LogP contribution in [0.3, 0.4) is 0 Å². The molecular formula is C16H13FNO3-. The summed E-state index contributed by atoms with van der Waals surface area (Å²) in [6.07, 6.45) is -0.385. The predicted octanol–water partition coefficient (Wildman–Crippen LogP) is 1.44. The largest absolute Gasteiger partial charge is 0.550 e. The molecule has 0 saturated carbocycles. The van der Waals surface area contributed by atoms with E-state index >= 15 is 0 Å². The summed E-state index contributed by atoms with van der Waals surface area (Å²) in [5.41, 5.74) is 0.489. The lowest BCUT2D eigenvalue weighted by molar-refractivity contribution is -0.306. The number of hydrogen-bond donors (Lipinski definition) is 1. The fourth-order valence-corrected chi connectivity index (χ4v) is 1.99. The number of benzene rings is 2. The maximum Gasteiger partial charge on any atom is 0.254 e. The maximum absolute atomic E-state index is 13.6. The van der Waals surface area contributed by atoms with Crippen molar-refractivity contribution in [1.82, 2.24) is 5.32 Å². The van der Waals surface area contributed by atoms with Gasteiger partial charge in [-0.3, -0.25) is 4.79 Å². The summed E-state index contributed by atoms with van der Waals surface area (Å²) in [6.45, 7) is 0. The van der Waals surface area contributed by atoms with E-state index in [1.54, 1.807) is 30.3 Å². The molecule has 1 atom stereocenters. The molecule has 0 bridgehead atoms. The van der Waals surface area contributed by atoms with Gasteiger partial charge in [-0.2, -0.15) is 0 Å². The van der Waals surface area contributed by atoms with Crippen molar-refractivity contribution in [3.8, 4) is 0 Å². The minimum atomic E-state index is -1.29. The van der Waals surface area contributed by atoms with Gasteiger partial charge in [-0.15, -0.1) is 0 Å². The Morgan fingerprint density at radius 2 is 1.67 bits per heavy atom. The van der Waals surface area contributed by atoms with Crippen molar-refractivity contribution in [2.24, 2.45) is 0 Å². The monoisotopic (exact) mass is 286 g/mol. The van der Waals surface area contributed by atoms with Crippen LogP contribution in [0.5, 0.6) is 0 Å². The third-order valence-electron chi connectivity index (χ3n) is 3.00. The van der Waals surface area contributed by atoms with Crippen molar-refractivity contribution in [2.75, 3.05) is 0 Å². The lowest BCUT2D eigenvalue weighted by Gasteiger charge is -2.20. The van der Waals surface area contributed by atoms with Gasteiger partial charge in [-0.25, -0.2) is 4.39 Å². The first-order valence-electron chi connectivity index (χ1n) is 6.38. The fourth-order valence-electron chi connectivity index (χ4n) is 1.99. The Morgan fingerprint density at radius 3 is 2.29 bits per heavy atom. The standard InChI is InChI=1S/C16H14FNO3/c17-13-9-5-4-8-12(13)16(21)18-14(10-15(19)20)11-6-2-1-3-7-11/h1-9,14H,10H2,(H,18,21)(H,19,20)/p-1. The highest BCUT2D eigenvalue weighted by Gasteiger charge is 2.18. The van der Waals surface area contributed by atoms with Crippen LogP contribution >= 0.6 is 0 Å². The van der Waals surface area contributed by atoms with Crippen molar-refractivity contribution in [1.29, 1.82) is 0 Å². The number of aliphatic carboxylic acids is 1. The molecule has 2 aromatic carbocycles. The average molecular weight is 286 g/mol. The van der Waals surface area contributed by atoms with E-state index in [-0.39, 0.29) is 12.0 Å². The zero-order chi connectivity index (χ0) is 15.2. The molecule has 1 N–H and O–H groups in total. The lowest BCUT2D eigenvalue weighted by atomic mass is 10.0. The van der Waals surface area contributed by atoms with Crippen molar-refractivity contribution >= 4 is 11.9 Å². The third kappa shape index (κ3) is 3.89. The van der Waals surface area contributed by atoms with Crippen LogP contribution in [0.2, 0.25) is 0 Å². The number of rotatable bonds is 5. The molecule has 0 spiro atoms. The summed E-state index contributed by atoms with van der Waals surface area (Å²) in [6, 6.07) is 13.4. The number of carbonyl (C=O) groups is 2. The van der Waals surface area contributed by atoms with Gasteiger partial charge in [0.25, 0.3) is 5.91 Å². The number of hydrogen-bond acceptors (Lipinski definition) is 3. The smallest absolute Gasteiger partial charge is 0.254 e. The second-order valence-electron chi connectivity index (χ2n) is 4.49. The van der Waals surface area contributed by atoms with Gasteiger partial charge in [-0.1, -0.05) is 42.5 Å². The van der Waals surface area contributed by atoms with Gasteiger partial charge < -0.3 is 15.2 Å².